The van der Waals surface area contributed by atoms with Crippen LogP contribution < -0.4 is 10.9 Å². The quantitative estimate of drug-likeness (QED) is 0.388. The van der Waals surface area contributed by atoms with Gasteiger partial charge in [0.15, 0.2) is 15.9 Å². The predicted molar refractivity (Wildman–Crippen MR) is 99.9 cm³/mol. The van der Waals surface area contributed by atoms with Gasteiger partial charge in [0, 0.05) is 12.3 Å². The zero-order chi connectivity index (χ0) is 16.7. The van der Waals surface area contributed by atoms with Crippen LogP contribution in [0, 0.1) is 0 Å². The smallest absolute Gasteiger partial charge is 0.293 e. The van der Waals surface area contributed by atoms with Crippen LogP contribution in [0.3, 0.4) is 0 Å². The Kier molecular flexibility index (Phi) is 7.32. The minimum absolute atomic E-state index is 0.185. The van der Waals surface area contributed by atoms with E-state index in [-0.39, 0.29) is 5.56 Å². The third-order valence-corrected chi connectivity index (χ3v) is 5.26. The Bertz CT molecular complexity index is 667. The van der Waals surface area contributed by atoms with Crippen LogP contribution in [0.1, 0.15) is 32.6 Å². The molecule has 23 heavy (non-hydrogen) atoms. The number of hydrogen-bond acceptors (Lipinski definition) is 7. The topological polar surface area (TPSA) is 73.9 Å². The molecule has 0 bridgehead atoms. The van der Waals surface area contributed by atoms with Crippen LogP contribution in [0.5, 0.6) is 0 Å². The van der Waals surface area contributed by atoms with Gasteiger partial charge in [-0.1, -0.05) is 42.9 Å². The van der Waals surface area contributed by atoms with E-state index in [2.05, 4.69) is 46.2 Å². The summed E-state index contributed by atoms with van der Waals surface area (Å²) in [6.45, 7) is 4.05. The lowest BCUT2D eigenvalue weighted by molar-refractivity contribution is 0.405. The highest BCUT2D eigenvalue weighted by atomic mass is 32.2. The first-order chi connectivity index (χ1) is 11.1. The minimum Gasteiger partial charge on any atom is -0.361 e. The second-order valence-corrected chi connectivity index (χ2v) is 7.77. The molecule has 0 amide bonds. The molecule has 128 valence electrons. The molecule has 0 saturated heterocycles. The van der Waals surface area contributed by atoms with Crippen molar-refractivity contribution in [1.29, 1.82) is 0 Å². The summed E-state index contributed by atoms with van der Waals surface area (Å²) in [7, 11) is 4.11. The number of thiazole rings is 1. The van der Waals surface area contributed by atoms with Crippen molar-refractivity contribution >= 4 is 38.6 Å². The lowest BCUT2D eigenvalue weighted by atomic mass is 10.3. The van der Waals surface area contributed by atoms with E-state index in [4.69, 9.17) is 0 Å². The van der Waals surface area contributed by atoms with Crippen molar-refractivity contribution in [3.63, 3.8) is 0 Å². The molecule has 2 rings (SSSR count). The van der Waals surface area contributed by atoms with Crippen LogP contribution in [0.15, 0.2) is 9.95 Å². The molecule has 0 unspecified atom stereocenters. The van der Waals surface area contributed by atoms with Crippen LogP contribution in [-0.2, 0) is 0 Å². The fourth-order valence-electron chi connectivity index (χ4n) is 2.08. The maximum atomic E-state index is 12.1. The molecule has 0 fully saturated rings. The molecule has 0 radical (unpaired) electrons. The fourth-order valence-corrected chi connectivity index (χ4v) is 3.77. The van der Waals surface area contributed by atoms with Crippen LogP contribution in [0.25, 0.3) is 10.3 Å². The van der Waals surface area contributed by atoms with Gasteiger partial charge in [-0.25, -0.2) is 4.98 Å². The van der Waals surface area contributed by atoms with Crippen molar-refractivity contribution in [3.8, 4) is 0 Å². The summed E-state index contributed by atoms with van der Waals surface area (Å²) < 4.78 is 0.595. The normalized spacial score (nSPS) is 11.5. The minimum atomic E-state index is -0.185. The molecule has 0 atom stereocenters. The van der Waals surface area contributed by atoms with Gasteiger partial charge in [0.05, 0.1) is 0 Å². The standard InChI is InChI=1S/C15H25N5OS2/c1-4-5-6-10-22-15-18-12-11(13(21)19-15)23-14(17-12)16-8-7-9-20(2)3/h4-10H2,1-3H3,(H2,16,17,18,19,21). The predicted octanol–water partition coefficient (Wildman–Crippen LogP) is 3.03. The van der Waals surface area contributed by atoms with E-state index < -0.39 is 0 Å². The summed E-state index contributed by atoms with van der Waals surface area (Å²) in [6.07, 6.45) is 4.57. The van der Waals surface area contributed by atoms with Crippen molar-refractivity contribution in [2.75, 3.05) is 38.3 Å². The Morgan fingerprint density at radius 3 is 2.83 bits per heavy atom. The van der Waals surface area contributed by atoms with Crippen LogP contribution >= 0.6 is 23.1 Å². The summed E-state index contributed by atoms with van der Waals surface area (Å²) >= 11 is 2.97. The summed E-state index contributed by atoms with van der Waals surface area (Å²) in [5.41, 5.74) is 0.457. The van der Waals surface area contributed by atoms with E-state index >= 15 is 0 Å². The monoisotopic (exact) mass is 355 g/mol. The van der Waals surface area contributed by atoms with E-state index in [1.165, 1.54) is 24.2 Å². The third kappa shape index (κ3) is 5.78. The summed E-state index contributed by atoms with van der Waals surface area (Å²) in [5, 5.41) is 4.73. The molecule has 0 aliphatic carbocycles. The highest BCUT2D eigenvalue weighted by molar-refractivity contribution is 7.99. The molecule has 2 heterocycles. The summed E-state index contributed by atoms with van der Waals surface area (Å²) in [6, 6.07) is 0. The molecule has 2 aromatic rings. The van der Waals surface area contributed by atoms with Crippen molar-refractivity contribution in [2.45, 2.75) is 37.8 Å². The van der Waals surface area contributed by atoms with Gasteiger partial charge in [-0.15, -0.1) is 0 Å². The lowest BCUT2D eigenvalue weighted by Gasteiger charge is -2.08. The maximum Gasteiger partial charge on any atom is 0.293 e. The van der Waals surface area contributed by atoms with E-state index in [9.17, 15) is 4.79 Å². The van der Waals surface area contributed by atoms with Gasteiger partial charge in [0.2, 0.25) is 0 Å². The average Bonchev–Trinajstić information content (AvgIpc) is 2.91. The summed E-state index contributed by atoms with van der Waals surface area (Å²) in [5.74, 6) is 0.974. The molecule has 0 aromatic carbocycles. The van der Waals surface area contributed by atoms with E-state index in [1.807, 2.05) is 0 Å². The van der Waals surface area contributed by atoms with Gasteiger partial charge < -0.3 is 15.2 Å². The molecular weight excluding hydrogens is 330 g/mol. The van der Waals surface area contributed by atoms with E-state index in [0.29, 0.717) is 15.5 Å². The highest BCUT2D eigenvalue weighted by Crippen LogP contribution is 2.23. The van der Waals surface area contributed by atoms with Gasteiger partial charge in [-0.3, -0.25) is 4.79 Å². The first kappa shape index (κ1) is 18.2. The van der Waals surface area contributed by atoms with Crippen molar-refractivity contribution in [1.82, 2.24) is 19.9 Å². The molecule has 0 spiro atoms. The number of nitrogens with one attached hydrogen (secondary N) is 2. The van der Waals surface area contributed by atoms with Gasteiger partial charge in [0.25, 0.3) is 5.56 Å². The number of aromatic nitrogens is 3. The molecule has 2 aromatic heterocycles. The second-order valence-electron chi connectivity index (χ2n) is 5.68. The Hall–Kier alpha value is -1.12. The highest BCUT2D eigenvalue weighted by Gasteiger charge is 2.10. The molecular formula is C15H25N5OS2. The summed E-state index contributed by atoms with van der Waals surface area (Å²) in [4.78, 5) is 26.0. The number of thioether (sulfide) groups is 1. The number of hydrogen-bond donors (Lipinski definition) is 2. The van der Waals surface area contributed by atoms with E-state index in [1.54, 1.807) is 11.8 Å². The molecule has 0 aliphatic rings. The molecule has 6 nitrogen and oxygen atoms in total. The second kappa shape index (κ2) is 9.24. The van der Waals surface area contributed by atoms with Crippen LogP contribution in [0.2, 0.25) is 0 Å². The Balaban J connectivity index is 1.98. The third-order valence-electron chi connectivity index (χ3n) is 3.29. The first-order valence-corrected chi connectivity index (χ1v) is 9.82. The maximum absolute atomic E-state index is 12.1. The van der Waals surface area contributed by atoms with E-state index in [0.717, 1.165) is 36.8 Å². The van der Waals surface area contributed by atoms with Crippen LogP contribution in [-0.4, -0.2) is 52.8 Å². The van der Waals surface area contributed by atoms with Gasteiger partial charge in [-0.05, 0) is 33.5 Å². The van der Waals surface area contributed by atoms with Gasteiger partial charge in [-0.2, -0.15) is 4.98 Å². The molecule has 8 heteroatoms. The fraction of sp³-hybridized carbons (Fsp3) is 0.667. The molecule has 2 N–H and O–H groups in total. The van der Waals surface area contributed by atoms with Gasteiger partial charge >= 0.3 is 0 Å². The number of aromatic amines is 1. The van der Waals surface area contributed by atoms with Crippen molar-refractivity contribution < 1.29 is 0 Å². The number of H-pyrrole nitrogens is 1. The Morgan fingerprint density at radius 1 is 1.26 bits per heavy atom. The van der Waals surface area contributed by atoms with Crippen LogP contribution in [0.4, 0.5) is 5.13 Å². The Morgan fingerprint density at radius 2 is 2.09 bits per heavy atom. The number of anilines is 1. The zero-order valence-corrected chi connectivity index (χ0v) is 15.6. The van der Waals surface area contributed by atoms with Crippen molar-refractivity contribution in [3.05, 3.63) is 10.4 Å². The molecule has 0 aliphatic heterocycles. The number of rotatable bonds is 10. The van der Waals surface area contributed by atoms with Crippen molar-refractivity contribution in [2.24, 2.45) is 0 Å². The zero-order valence-electron chi connectivity index (χ0n) is 14.0. The number of unbranched alkanes of at least 4 members (excludes halogenated alkanes) is 2. The average molecular weight is 356 g/mol. The SMILES string of the molecule is CCCCCSc1nc(=O)c2sc(NCCCN(C)C)nc2[nH]1. The first-order valence-electron chi connectivity index (χ1n) is 8.02. The number of fused-ring (bicyclic) bond motifs is 1. The largest absolute Gasteiger partial charge is 0.361 e. The number of nitrogens with zero attached hydrogens (tertiary/aromatic N) is 3. The lowest BCUT2D eigenvalue weighted by Crippen LogP contribution is -2.16. The Labute approximate surface area is 145 Å². The van der Waals surface area contributed by atoms with Gasteiger partial charge in [0.1, 0.15) is 4.70 Å². The molecule has 0 saturated carbocycles.